The first-order valence-corrected chi connectivity index (χ1v) is 12.4. The molecule has 0 amide bonds. The number of nitro benzene ring substituents is 1. The number of nitro groups is 1. The largest absolute Gasteiger partial charge is 0.508 e. The van der Waals surface area contributed by atoms with Gasteiger partial charge in [0.15, 0.2) is 0 Å². The Morgan fingerprint density at radius 3 is 2.15 bits per heavy atom. The van der Waals surface area contributed by atoms with Crippen molar-refractivity contribution >= 4 is 32.8 Å². The number of phenolic OH excluding ortho intramolecular Hbond substituents is 1. The summed E-state index contributed by atoms with van der Waals surface area (Å²) in [5, 5.41) is 21.4. The van der Waals surface area contributed by atoms with E-state index in [1.165, 1.54) is 16.4 Å². The van der Waals surface area contributed by atoms with E-state index in [2.05, 4.69) is 4.90 Å². The van der Waals surface area contributed by atoms with E-state index in [0.717, 1.165) is 11.8 Å². The lowest BCUT2D eigenvalue weighted by Crippen LogP contribution is -2.46. The molecule has 178 valence electrons. The van der Waals surface area contributed by atoms with Crippen LogP contribution in [0, 0.1) is 10.1 Å². The molecular weight excluding hydrogens is 456 g/mol. The molecule has 3 aromatic carbocycles. The molecule has 0 atom stereocenters. The summed E-state index contributed by atoms with van der Waals surface area (Å²) in [7, 11) is -3.97. The molecule has 1 N–H and O–H groups in total. The maximum absolute atomic E-state index is 13.3. The van der Waals surface area contributed by atoms with Crippen LogP contribution < -0.4 is 14.1 Å². The number of phenols is 1. The molecule has 0 spiro atoms. The SMILES string of the molecule is CCN(c1ccccc1)S(=O)(=O)c1ccc(N2CCN(c3ccc(O)cc3)CC2)c([N+](=O)[O-])c1. The van der Waals surface area contributed by atoms with Crippen LogP contribution in [-0.2, 0) is 10.0 Å². The third kappa shape index (κ3) is 4.62. The Hall–Kier alpha value is -3.79. The van der Waals surface area contributed by atoms with Gasteiger partial charge in [-0.1, -0.05) is 18.2 Å². The molecule has 0 radical (unpaired) electrons. The van der Waals surface area contributed by atoms with Gasteiger partial charge in [-0.25, -0.2) is 8.42 Å². The second-order valence-electron chi connectivity index (χ2n) is 7.90. The molecular formula is C24H26N4O5S. The van der Waals surface area contributed by atoms with Crippen molar-refractivity contribution in [2.24, 2.45) is 0 Å². The van der Waals surface area contributed by atoms with Crippen LogP contribution >= 0.6 is 0 Å². The Labute approximate surface area is 198 Å². The van der Waals surface area contributed by atoms with Gasteiger partial charge in [0.25, 0.3) is 15.7 Å². The minimum absolute atomic E-state index is 0.114. The lowest BCUT2D eigenvalue weighted by Gasteiger charge is -2.37. The summed E-state index contributed by atoms with van der Waals surface area (Å²) < 4.78 is 27.9. The predicted octanol–water partition coefficient (Wildman–Crippen LogP) is 3.84. The maximum Gasteiger partial charge on any atom is 0.293 e. The number of para-hydroxylation sites is 1. The van der Waals surface area contributed by atoms with Gasteiger partial charge in [-0.3, -0.25) is 14.4 Å². The van der Waals surface area contributed by atoms with Crippen molar-refractivity contribution in [2.75, 3.05) is 46.8 Å². The molecule has 0 aromatic heterocycles. The Kier molecular flexibility index (Phi) is 6.60. The molecule has 1 saturated heterocycles. The first kappa shape index (κ1) is 23.4. The fraction of sp³-hybridized carbons (Fsp3) is 0.250. The summed E-state index contributed by atoms with van der Waals surface area (Å²) in [4.78, 5) is 15.3. The number of rotatable bonds is 7. The van der Waals surface area contributed by atoms with Crippen LogP contribution in [0.5, 0.6) is 5.75 Å². The van der Waals surface area contributed by atoms with Crippen molar-refractivity contribution in [3.8, 4) is 5.75 Å². The number of nitrogens with zero attached hydrogens (tertiary/aromatic N) is 4. The van der Waals surface area contributed by atoms with Gasteiger partial charge in [0.1, 0.15) is 11.4 Å². The molecule has 0 aliphatic carbocycles. The first-order valence-electron chi connectivity index (χ1n) is 11.0. The molecule has 9 nitrogen and oxygen atoms in total. The first-order chi connectivity index (χ1) is 16.3. The zero-order valence-corrected chi connectivity index (χ0v) is 19.6. The Morgan fingerprint density at radius 2 is 1.56 bits per heavy atom. The molecule has 3 aromatic rings. The van der Waals surface area contributed by atoms with Crippen LogP contribution in [0.25, 0.3) is 0 Å². The zero-order chi connectivity index (χ0) is 24.3. The molecule has 34 heavy (non-hydrogen) atoms. The standard InChI is InChI=1S/C24H26N4O5S/c1-2-27(20-6-4-3-5-7-20)34(32,33)22-12-13-23(24(18-22)28(30)31)26-16-14-25(15-17-26)19-8-10-21(29)11-9-19/h3-13,18,29H,2,14-17H2,1H3. The van der Waals surface area contributed by atoms with Gasteiger partial charge >= 0.3 is 0 Å². The van der Waals surface area contributed by atoms with Gasteiger partial charge in [0, 0.05) is 44.5 Å². The number of anilines is 3. The Bertz CT molecular complexity index is 1260. The summed E-state index contributed by atoms with van der Waals surface area (Å²) in [5.41, 5.74) is 1.64. The highest BCUT2D eigenvalue weighted by Gasteiger charge is 2.29. The van der Waals surface area contributed by atoms with Crippen LogP contribution in [0.1, 0.15) is 6.92 Å². The van der Waals surface area contributed by atoms with Gasteiger partial charge in [-0.15, -0.1) is 0 Å². The van der Waals surface area contributed by atoms with Crippen molar-refractivity contribution in [1.29, 1.82) is 0 Å². The number of benzene rings is 3. The highest BCUT2D eigenvalue weighted by molar-refractivity contribution is 7.92. The molecule has 1 aliphatic heterocycles. The predicted molar refractivity (Wildman–Crippen MR) is 132 cm³/mol. The second-order valence-corrected chi connectivity index (χ2v) is 9.77. The van der Waals surface area contributed by atoms with Crippen molar-refractivity contribution in [3.63, 3.8) is 0 Å². The van der Waals surface area contributed by atoms with E-state index >= 15 is 0 Å². The van der Waals surface area contributed by atoms with E-state index in [-0.39, 0.29) is 22.9 Å². The molecule has 0 bridgehead atoms. The van der Waals surface area contributed by atoms with Crippen LogP contribution in [0.15, 0.2) is 77.7 Å². The third-order valence-corrected chi connectivity index (χ3v) is 7.80. The number of hydrogen-bond acceptors (Lipinski definition) is 7. The Balaban J connectivity index is 1.59. The minimum atomic E-state index is -3.97. The smallest absolute Gasteiger partial charge is 0.293 e. The van der Waals surface area contributed by atoms with Crippen molar-refractivity contribution in [2.45, 2.75) is 11.8 Å². The Morgan fingerprint density at radius 1 is 0.941 bits per heavy atom. The van der Waals surface area contributed by atoms with E-state index in [9.17, 15) is 23.6 Å². The zero-order valence-electron chi connectivity index (χ0n) is 18.7. The molecule has 0 unspecified atom stereocenters. The normalized spacial score (nSPS) is 14.1. The van der Waals surface area contributed by atoms with Gasteiger partial charge in [0.2, 0.25) is 0 Å². The summed E-state index contributed by atoms with van der Waals surface area (Å²) in [6.45, 7) is 4.28. The molecule has 10 heteroatoms. The fourth-order valence-electron chi connectivity index (χ4n) is 4.16. The summed E-state index contributed by atoms with van der Waals surface area (Å²) in [6.07, 6.45) is 0. The number of piperazine rings is 1. The molecule has 0 saturated carbocycles. The van der Waals surface area contributed by atoms with Crippen LogP contribution in [0.4, 0.5) is 22.7 Å². The lowest BCUT2D eigenvalue weighted by molar-refractivity contribution is -0.384. The van der Waals surface area contributed by atoms with E-state index in [4.69, 9.17) is 0 Å². The number of sulfonamides is 1. The van der Waals surface area contributed by atoms with Gasteiger partial charge in [-0.05, 0) is 55.5 Å². The van der Waals surface area contributed by atoms with E-state index in [0.29, 0.717) is 37.6 Å². The summed E-state index contributed by atoms with van der Waals surface area (Å²) in [6, 6.07) is 19.7. The van der Waals surface area contributed by atoms with E-state index in [1.54, 1.807) is 49.4 Å². The van der Waals surface area contributed by atoms with Gasteiger partial charge in [-0.2, -0.15) is 0 Å². The van der Waals surface area contributed by atoms with Gasteiger partial charge < -0.3 is 14.9 Å². The second kappa shape index (κ2) is 9.60. The molecule has 1 aliphatic rings. The third-order valence-electron chi connectivity index (χ3n) is 5.90. The summed E-state index contributed by atoms with van der Waals surface area (Å²) >= 11 is 0. The number of aromatic hydroxyl groups is 1. The summed E-state index contributed by atoms with van der Waals surface area (Å²) in [5.74, 6) is 0.196. The van der Waals surface area contributed by atoms with Crippen molar-refractivity contribution < 1.29 is 18.4 Å². The van der Waals surface area contributed by atoms with Gasteiger partial charge in [0.05, 0.1) is 15.5 Å². The average Bonchev–Trinajstić information content (AvgIpc) is 2.85. The van der Waals surface area contributed by atoms with E-state index in [1.807, 2.05) is 17.0 Å². The monoisotopic (exact) mass is 482 g/mol. The maximum atomic E-state index is 13.3. The highest BCUT2D eigenvalue weighted by Crippen LogP contribution is 2.34. The number of hydrogen-bond donors (Lipinski definition) is 1. The lowest BCUT2D eigenvalue weighted by atomic mass is 10.2. The highest BCUT2D eigenvalue weighted by atomic mass is 32.2. The average molecular weight is 483 g/mol. The van der Waals surface area contributed by atoms with E-state index < -0.39 is 14.9 Å². The minimum Gasteiger partial charge on any atom is -0.508 e. The quantitative estimate of drug-likeness (QED) is 0.403. The van der Waals surface area contributed by atoms with Crippen LogP contribution in [0.2, 0.25) is 0 Å². The van der Waals surface area contributed by atoms with Crippen molar-refractivity contribution in [1.82, 2.24) is 0 Å². The molecule has 1 fully saturated rings. The fourth-order valence-corrected chi connectivity index (χ4v) is 5.65. The topological polar surface area (TPSA) is 107 Å². The van der Waals surface area contributed by atoms with Crippen LogP contribution in [-0.4, -0.2) is 51.2 Å². The van der Waals surface area contributed by atoms with Crippen molar-refractivity contribution in [3.05, 3.63) is 82.9 Å². The molecule has 4 rings (SSSR count). The van der Waals surface area contributed by atoms with Crippen LogP contribution in [0.3, 0.4) is 0 Å². The molecule has 1 heterocycles.